The predicted octanol–water partition coefficient (Wildman–Crippen LogP) is 4.55. The number of carbonyl (C=O) groups is 1. The molecule has 0 radical (unpaired) electrons. The summed E-state index contributed by atoms with van der Waals surface area (Å²) < 4.78 is 46.8. The van der Waals surface area contributed by atoms with Crippen molar-refractivity contribution in [1.82, 2.24) is 15.1 Å². The van der Waals surface area contributed by atoms with Crippen molar-refractivity contribution in [2.24, 2.45) is 0 Å². The number of alkyl halides is 3. The van der Waals surface area contributed by atoms with Gasteiger partial charge in [-0.2, -0.15) is 18.4 Å². The van der Waals surface area contributed by atoms with Crippen LogP contribution < -0.4 is 10.1 Å². The van der Waals surface area contributed by atoms with E-state index in [4.69, 9.17) is 22.2 Å². The summed E-state index contributed by atoms with van der Waals surface area (Å²) in [6.07, 6.45) is 2.79. The second kappa shape index (κ2) is 8.86. The van der Waals surface area contributed by atoms with Crippen LogP contribution in [-0.4, -0.2) is 50.7 Å². The van der Waals surface area contributed by atoms with Gasteiger partial charge < -0.3 is 15.0 Å². The third kappa shape index (κ3) is 4.05. The zero-order chi connectivity index (χ0) is 24.8. The third-order valence-corrected chi connectivity index (χ3v) is 7.80. The lowest BCUT2D eigenvalue weighted by atomic mass is 9.74. The molecule has 6 nitrogen and oxygen atoms in total. The number of halogens is 3. The molecule has 1 amide bonds. The van der Waals surface area contributed by atoms with E-state index >= 15 is 0 Å². The first-order valence-electron chi connectivity index (χ1n) is 11.8. The van der Waals surface area contributed by atoms with E-state index < -0.39 is 23.3 Å². The molecule has 2 aliphatic carbocycles. The topological polar surface area (TPSA) is 68.6 Å². The molecule has 2 saturated carbocycles. The van der Waals surface area contributed by atoms with E-state index in [1.807, 2.05) is 35.2 Å². The van der Waals surface area contributed by atoms with E-state index in [0.29, 0.717) is 12.8 Å². The van der Waals surface area contributed by atoms with Crippen molar-refractivity contribution in [2.75, 3.05) is 0 Å². The van der Waals surface area contributed by atoms with Crippen LogP contribution in [0.4, 0.5) is 13.2 Å². The molecular formula is C25H25F3N4O2S. The van der Waals surface area contributed by atoms with Crippen LogP contribution in [0.1, 0.15) is 44.9 Å². The van der Waals surface area contributed by atoms with Crippen LogP contribution in [0.15, 0.2) is 53.9 Å². The molecule has 1 saturated heterocycles. The number of ether oxygens (including phenoxy) is 1. The second-order valence-corrected chi connectivity index (χ2v) is 9.80. The number of amides is 1. The van der Waals surface area contributed by atoms with E-state index in [-0.39, 0.29) is 28.9 Å². The summed E-state index contributed by atoms with van der Waals surface area (Å²) in [5.74, 6) is 0.543. The Morgan fingerprint density at radius 2 is 1.83 bits per heavy atom. The van der Waals surface area contributed by atoms with Crippen molar-refractivity contribution in [3.05, 3.63) is 53.9 Å². The molecule has 4 aliphatic rings. The molecule has 1 N–H and O–H groups in total. The number of nitriles is 1. The molecule has 1 atom stereocenters. The van der Waals surface area contributed by atoms with Crippen molar-refractivity contribution >= 4 is 23.2 Å². The van der Waals surface area contributed by atoms with Gasteiger partial charge in [-0.15, -0.1) is 0 Å². The van der Waals surface area contributed by atoms with E-state index in [9.17, 15) is 18.0 Å². The van der Waals surface area contributed by atoms with E-state index in [1.54, 1.807) is 6.07 Å². The van der Waals surface area contributed by atoms with Gasteiger partial charge in [-0.3, -0.25) is 9.69 Å². The van der Waals surface area contributed by atoms with Gasteiger partial charge in [-0.25, -0.2) is 0 Å². The summed E-state index contributed by atoms with van der Waals surface area (Å²) in [6.45, 7) is 0. The third-order valence-electron chi connectivity index (χ3n) is 7.42. The fraction of sp³-hybridized carbons (Fsp3) is 0.480. The molecule has 184 valence electrons. The van der Waals surface area contributed by atoms with Crippen LogP contribution in [0.2, 0.25) is 0 Å². The second-order valence-electron chi connectivity index (χ2n) is 9.44. The lowest BCUT2D eigenvalue weighted by Crippen LogP contribution is -2.59. The summed E-state index contributed by atoms with van der Waals surface area (Å²) in [6, 6.07) is 9.73. The number of benzene rings is 1. The SMILES string of the molecule is N#CC1NC=C(N2C(=O)C3(CCC3)N(C3CCC(Oc4ccccc4)CC3)C2=S)C=C1C(F)(F)F. The minimum atomic E-state index is -4.71. The molecular weight excluding hydrogens is 477 g/mol. The number of hydrogen-bond donors (Lipinski definition) is 1. The van der Waals surface area contributed by atoms with Gasteiger partial charge in [-0.1, -0.05) is 18.2 Å². The number of allylic oxidation sites excluding steroid dienone is 1. The zero-order valence-electron chi connectivity index (χ0n) is 18.9. The van der Waals surface area contributed by atoms with Crippen molar-refractivity contribution in [1.29, 1.82) is 5.26 Å². The van der Waals surface area contributed by atoms with Gasteiger partial charge in [0.05, 0.1) is 23.4 Å². The van der Waals surface area contributed by atoms with Crippen LogP contribution in [0.5, 0.6) is 5.75 Å². The largest absolute Gasteiger partial charge is 0.490 e. The first kappa shape index (κ1) is 23.7. The summed E-state index contributed by atoms with van der Waals surface area (Å²) in [5, 5.41) is 11.8. The lowest BCUT2D eigenvalue weighted by molar-refractivity contribution is -0.137. The highest BCUT2D eigenvalue weighted by Crippen LogP contribution is 2.49. The Labute approximate surface area is 207 Å². The fourth-order valence-electron chi connectivity index (χ4n) is 5.53. The summed E-state index contributed by atoms with van der Waals surface area (Å²) in [7, 11) is 0. The number of thiocarbonyl (C=S) groups is 1. The van der Waals surface area contributed by atoms with Crippen molar-refractivity contribution in [3.8, 4) is 11.8 Å². The average molecular weight is 503 g/mol. The first-order chi connectivity index (χ1) is 16.7. The van der Waals surface area contributed by atoms with Crippen LogP contribution in [0, 0.1) is 11.3 Å². The Balaban J connectivity index is 1.36. The summed E-state index contributed by atoms with van der Waals surface area (Å²) in [4.78, 5) is 16.8. The number of nitrogens with zero attached hydrogens (tertiary/aromatic N) is 3. The Bertz CT molecular complexity index is 1120. The number of carbonyl (C=O) groups excluding carboxylic acids is 1. The van der Waals surface area contributed by atoms with Crippen molar-refractivity contribution < 1.29 is 22.7 Å². The molecule has 3 fully saturated rings. The predicted molar refractivity (Wildman–Crippen MR) is 126 cm³/mol. The number of para-hydroxylation sites is 1. The molecule has 1 aromatic rings. The molecule has 0 aromatic heterocycles. The average Bonchev–Trinajstić information content (AvgIpc) is 3.06. The van der Waals surface area contributed by atoms with Gasteiger partial charge in [0, 0.05) is 12.2 Å². The Kier molecular flexibility index (Phi) is 5.99. The van der Waals surface area contributed by atoms with Gasteiger partial charge >= 0.3 is 6.18 Å². The van der Waals surface area contributed by atoms with Crippen LogP contribution in [0.3, 0.4) is 0 Å². The Morgan fingerprint density at radius 3 is 2.40 bits per heavy atom. The zero-order valence-corrected chi connectivity index (χ0v) is 19.7. The molecule has 1 spiro atoms. The maximum atomic E-state index is 13.6. The molecule has 1 unspecified atom stereocenters. The van der Waals surface area contributed by atoms with Gasteiger partial charge in [0.1, 0.15) is 17.3 Å². The highest BCUT2D eigenvalue weighted by atomic mass is 32.1. The molecule has 35 heavy (non-hydrogen) atoms. The number of hydrogen-bond acceptors (Lipinski definition) is 5. The van der Waals surface area contributed by atoms with Gasteiger partial charge in [0.25, 0.3) is 5.91 Å². The lowest BCUT2D eigenvalue weighted by Gasteiger charge is -2.48. The highest BCUT2D eigenvalue weighted by molar-refractivity contribution is 7.80. The van der Waals surface area contributed by atoms with Crippen molar-refractivity contribution in [2.45, 2.75) is 74.8 Å². The first-order valence-corrected chi connectivity index (χ1v) is 12.2. The maximum Gasteiger partial charge on any atom is 0.415 e. The normalized spacial score (nSPS) is 28.1. The fourth-order valence-corrected chi connectivity index (χ4v) is 6.04. The summed E-state index contributed by atoms with van der Waals surface area (Å²) in [5.41, 5.74) is -1.81. The van der Waals surface area contributed by atoms with Gasteiger partial charge in [0.2, 0.25) is 0 Å². The van der Waals surface area contributed by atoms with Crippen LogP contribution >= 0.6 is 12.2 Å². The minimum absolute atomic E-state index is 0.0162. The standard InChI is InChI=1S/C25H25F3N4O2S/c26-25(27,28)20-13-17(15-30-21(20)14-29)31-22(33)24(11-4-12-24)32(23(31)35)16-7-9-19(10-8-16)34-18-5-2-1-3-6-18/h1-3,5-6,13,15-16,19,21,30H,4,7-12H2. The van der Waals surface area contributed by atoms with Crippen LogP contribution in [0.25, 0.3) is 0 Å². The molecule has 1 aromatic carbocycles. The number of nitrogens with one attached hydrogen (secondary N) is 1. The maximum absolute atomic E-state index is 13.6. The summed E-state index contributed by atoms with van der Waals surface area (Å²) >= 11 is 5.73. The van der Waals surface area contributed by atoms with Crippen molar-refractivity contribution in [3.63, 3.8) is 0 Å². The minimum Gasteiger partial charge on any atom is -0.490 e. The van der Waals surface area contributed by atoms with E-state index in [2.05, 4.69) is 5.32 Å². The van der Waals surface area contributed by atoms with E-state index in [0.717, 1.165) is 43.9 Å². The van der Waals surface area contributed by atoms with Gasteiger partial charge in [0.15, 0.2) is 5.11 Å². The smallest absolute Gasteiger partial charge is 0.415 e. The monoisotopic (exact) mass is 502 g/mol. The van der Waals surface area contributed by atoms with Crippen LogP contribution in [-0.2, 0) is 4.79 Å². The number of dihydropyridines is 1. The highest BCUT2D eigenvalue weighted by Gasteiger charge is 2.61. The quantitative estimate of drug-likeness (QED) is 0.610. The Morgan fingerprint density at radius 1 is 1.14 bits per heavy atom. The molecule has 0 bridgehead atoms. The molecule has 2 heterocycles. The van der Waals surface area contributed by atoms with E-state index in [1.165, 1.54) is 11.1 Å². The molecule has 2 aliphatic heterocycles. The number of rotatable bonds is 4. The Hall–Kier alpha value is -3.06. The molecule has 5 rings (SSSR count). The van der Waals surface area contributed by atoms with Gasteiger partial charge in [-0.05, 0) is 75.4 Å². The molecule has 10 heteroatoms.